The number of halogens is 1. The monoisotopic (exact) mass is 432 g/mol. The van der Waals surface area contributed by atoms with Crippen molar-refractivity contribution in [3.05, 3.63) is 59.5 Å². The van der Waals surface area contributed by atoms with Crippen LogP contribution in [0.25, 0.3) is 0 Å². The van der Waals surface area contributed by atoms with Crippen LogP contribution in [0, 0.1) is 6.92 Å². The number of rotatable bonds is 9. The number of ether oxygens (including phenoxy) is 1. The second-order valence-corrected chi connectivity index (χ2v) is 8.37. The van der Waals surface area contributed by atoms with Crippen molar-refractivity contribution in [2.24, 2.45) is 0 Å². The zero-order chi connectivity index (χ0) is 21.5. The SMILES string of the molecule is Cc1ccc(CN(Cc2ccccc2)C(=O)CN(CC2CCCO2)C(=O)C(C)Cl)o1. The van der Waals surface area contributed by atoms with Crippen LogP contribution in [0.4, 0.5) is 0 Å². The Balaban J connectivity index is 1.75. The average Bonchev–Trinajstić information content (AvgIpc) is 3.38. The predicted octanol–water partition coefficient (Wildman–Crippen LogP) is 3.75. The maximum absolute atomic E-state index is 13.3. The summed E-state index contributed by atoms with van der Waals surface area (Å²) in [5.74, 6) is 1.09. The maximum Gasteiger partial charge on any atom is 0.242 e. The number of hydrogen-bond acceptors (Lipinski definition) is 4. The van der Waals surface area contributed by atoms with Gasteiger partial charge in [-0.1, -0.05) is 30.3 Å². The van der Waals surface area contributed by atoms with Gasteiger partial charge in [-0.3, -0.25) is 9.59 Å². The Morgan fingerprint density at radius 2 is 1.90 bits per heavy atom. The van der Waals surface area contributed by atoms with Crippen LogP contribution >= 0.6 is 11.6 Å². The molecule has 0 aliphatic carbocycles. The first kappa shape index (κ1) is 22.4. The molecule has 1 saturated heterocycles. The molecule has 0 radical (unpaired) electrons. The fourth-order valence-corrected chi connectivity index (χ4v) is 3.71. The minimum Gasteiger partial charge on any atom is -0.464 e. The average molecular weight is 433 g/mol. The Bertz CT molecular complexity index is 831. The Kier molecular flexibility index (Phi) is 7.94. The summed E-state index contributed by atoms with van der Waals surface area (Å²) in [4.78, 5) is 29.2. The normalized spacial score (nSPS) is 17.0. The first-order valence-corrected chi connectivity index (χ1v) is 10.8. The fourth-order valence-electron chi connectivity index (χ4n) is 3.58. The van der Waals surface area contributed by atoms with Crippen molar-refractivity contribution in [3.8, 4) is 0 Å². The molecule has 2 amide bonds. The van der Waals surface area contributed by atoms with E-state index in [-0.39, 0.29) is 24.5 Å². The van der Waals surface area contributed by atoms with Gasteiger partial charge in [-0.05, 0) is 44.4 Å². The molecular formula is C23H29ClN2O4. The van der Waals surface area contributed by atoms with E-state index >= 15 is 0 Å². The van der Waals surface area contributed by atoms with Crippen molar-refractivity contribution in [2.45, 2.75) is 51.3 Å². The molecule has 0 saturated carbocycles. The van der Waals surface area contributed by atoms with Gasteiger partial charge in [0.1, 0.15) is 16.9 Å². The van der Waals surface area contributed by atoms with Crippen LogP contribution < -0.4 is 0 Å². The highest BCUT2D eigenvalue weighted by Gasteiger charge is 2.28. The largest absolute Gasteiger partial charge is 0.464 e. The summed E-state index contributed by atoms with van der Waals surface area (Å²) >= 11 is 6.06. The summed E-state index contributed by atoms with van der Waals surface area (Å²) < 4.78 is 11.4. The fraction of sp³-hybridized carbons (Fsp3) is 0.478. The van der Waals surface area contributed by atoms with Gasteiger partial charge in [0.05, 0.1) is 19.2 Å². The maximum atomic E-state index is 13.3. The molecule has 1 fully saturated rings. The quantitative estimate of drug-likeness (QED) is 0.566. The predicted molar refractivity (Wildman–Crippen MR) is 115 cm³/mol. The van der Waals surface area contributed by atoms with Crippen molar-refractivity contribution in [1.29, 1.82) is 0 Å². The first-order valence-electron chi connectivity index (χ1n) is 10.3. The molecule has 0 spiro atoms. The number of alkyl halides is 1. The number of benzene rings is 1. The van der Waals surface area contributed by atoms with Crippen LogP contribution in [0.2, 0.25) is 0 Å². The molecule has 30 heavy (non-hydrogen) atoms. The zero-order valence-corrected chi connectivity index (χ0v) is 18.3. The summed E-state index contributed by atoms with van der Waals surface area (Å²) in [6.07, 6.45) is 1.80. The number of nitrogens with zero attached hydrogens (tertiary/aromatic N) is 2. The van der Waals surface area contributed by atoms with Gasteiger partial charge in [0.2, 0.25) is 11.8 Å². The molecule has 3 rings (SSSR count). The van der Waals surface area contributed by atoms with Gasteiger partial charge in [0.15, 0.2) is 0 Å². The highest BCUT2D eigenvalue weighted by atomic mass is 35.5. The number of aryl methyl sites for hydroxylation is 1. The van der Waals surface area contributed by atoms with E-state index in [1.54, 1.807) is 11.8 Å². The number of hydrogen-bond donors (Lipinski definition) is 0. The van der Waals surface area contributed by atoms with Crippen molar-refractivity contribution in [1.82, 2.24) is 9.80 Å². The molecule has 6 nitrogen and oxygen atoms in total. The summed E-state index contributed by atoms with van der Waals surface area (Å²) in [6, 6.07) is 13.5. The third-order valence-corrected chi connectivity index (χ3v) is 5.32. The number of carbonyl (C=O) groups is 2. The molecule has 0 N–H and O–H groups in total. The van der Waals surface area contributed by atoms with Crippen LogP contribution in [0.5, 0.6) is 0 Å². The molecule has 1 aromatic heterocycles. The van der Waals surface area contributed by atoms with Crippen LogP contribution in [-0.4, -0.2) is 52.8 Å². The van der Waals surface area contributed by atoms with E-state index < -0.39 is 5.38 Å². The lowest BCUT2D eigenvalue weighted by molar-refractivity contribution is -0.142. The van der Waals surface area contributed by atoms with E-state index in [2.05, 4.69) is 0 Å². The molecule has 2 aromatic rings. The molecule has 7 heteroatoms. The van der Waals surface area contributed by atoms with Crippen molar-refractivity contribution in [2.75, 3.05) is 19.7 Å². The highest BCUT2D eigenvalue weighted by Crippen LogP contribution is 2.17. The van der Waals surface area contributed by atoms with Crippen LogP contribution in [0.15, 0.2) is 46.9 Å². The van der Waals surface area contributed by atoms with E-state index in [4.69, 9.17) is 20.8 Å². The summed E-state index contributed by atoms with van der Waals surface area (Å²) in [5, 5.41) is -0.700. The number of furan rings is 1. The van der Waals surface area contributed by atoms with E-state index in [0.717, 1.165) is 24.2 Å². The molecule has 2 heterocycles. The van der Waals surface area contributed by atoms with Gasteiger partial charge >= 0.3 is 0 Å². The molecule has 1 aliphatic heterocycles. The smallest absolute Gasteiger partial charge is 0.242 e. The second kappa shape index (κ2) is 10.6. The van der Waals surface area contributed by atoms with Gasteiger partial charge < -0.3 is 19.0 Å². The lowest BCUT2D eigenvalue weighted by Gasteiger charge is -2.29. The molecule has 2 unspecified atom stereocenters. The Morgan fingerprint density at radius 3 is 2.50 bits per heavy atom. The molecule has 162 valence electrons. The van der Waals surface area contributed by atoms with Gasteiger partial charge in [-0.15, -0.1) is 11.6 Å². The van der Waals surface area contributed by atoms with Gasteiger partial charge in [0, 0.05) is 19.7 Å². The van der Waals surface area contributed by atoms with Crippen LogP contribution in [0.3, 0.4) is 0 Å². The zero-order valence-electron chi connectivity index (χ0n) is 17.6. The van der Waals surface area contributed by atoms with E-state index in [1.165, 1.54) is 4.90 Å². The van der Waals surface area contributed by atoms with Crippen molar-refractivity contribution >= 4 is 23.4 Å². The summed E-state index contributed by atoms with van der Waals surface area (Å²) in [5.41, 5.74) is 1.01. The Hall–Kier alpha value is -2.31. The van der Waals surface area contributed by atoms with Crippen molar-refractivity contribution in [3.63, 3.8) is 0 Å². The molecule has 1 aromatic carbocycles. The van der Waals surface area contributed by atoms with E-state index in [0.29, 0.717) is 32.0 Å². The van der Waals surface area contributed by atoms with Crippen molar-refractivity contribution < 1.29 is 18.7 Å². The lowest BCUT2D eigenvalue weighted by atomic mass is 10.2. The number of amides is 2. The second-order valence-electron chi connectivity index (χ2n) is 7.72. The van der Waals surface area contributed by atoms with Crippen LogP contribution in [-0.2, 0) is 27.4 Å². The topological polar surface area (TPSA) is 63.0 Å². The molecular weight excluding hydrogens is 404 g/mol. The third kappa shape index (κ3) is 6.34. The lowest BCUT2D eigenvalue weighted by Crippen LogP contribution is -2.47. The molecule has 2 atom stereocenters. The minimum absolute atomic E-state index is 0.0394. The van der Waals surface area contributed by atoms with E-state index in [9.17, 15) is 9.59 Å². The third-order valence-electron chi connectivity index (χ3n) is 5.14. The first-order chi connectivity index (χ1) is 14.4. The highest BCUT2D eigenvalue weighted by molar-refractivity contribution is 6.30. The van der Waals surface area contributed by atoms with E-state index in [1.807, 2.05) is 49.4 Å². The summed E-state index contributed by atoms with van der Waals surface area (Å²) in [7, 11) is 0. The molecule has 1 aliphatic rings. The standard InChI is InChI=1S/C23H29ClN2O4/c1-17-10-11-21(30-17)15-25(13-19-7-4-3-5-8-19)22(27)16-26(23(28)18(2)24)14-20-9-6-12-29-20/h3-5,7-8,10-11,18,20H,6,9,12-16H2,1-2H3. The number of carbonyl (C=O) groups excluding carboxylic acids is 2. The Labute approximate surface area is 182 Å². The van der Waals surface area contributed by atoms with Crippen LogP contribution in [0.1, 0.15) is 36.8 Å². The minimum atomic E-state index is -0.700. The van der Waals surface area contributed by atoms with Gasteiger partial charge in [-0.25, -0.2) is 0 Å². The Morgan fingerprint density at radius 1 is 1.13 bits per heavy atom. The molecule has 0 bridgehead atoms. The van der Waals surface area contributed by atoms with Gasteiger partial charge in [0.25, 0.3) is 0 Å². The van der Waals surface area contributed by atoms with Gasteiger partial charge in [-0.2, -0.15) is 0 Å². The summed E-state index contributed by atoms with van der Waals surface area (Å²) in [6.45, 7) is 5.29.